The number of hydrogen-bond acceptors (Lipinski definition) is 3. The molecule has 1 unspecified atom stereocenters. The Labute approximate surface area is 119 Å². The van der Waals surface area contributed by atoms with E-state index in [4.69, 9.17) is 4.74 Å². The van der Waals surface area contributed by atoms with Gasteiger partial charge in [0.2, 0.25) is 0 Å². The Bertz CT molecular complexity index is 498. The highest BCUT2D eigenvalue weighted by atomic mass is 16.5. The fourth-order valence-corrected chi connectivity index (χ4v) is 2.57. The molecule has 1 amide bonds. The van der Waals surface area contributed by atoms with Gasteiger partial charge in [0, 0.05) is 12.6 Å². The van der Waals surface area contributed by atoms with E-state index in [9.17, 15) is 9.59 Å². The van der Waals surface area contributed by atoms with Gasteiger partial charge >= 0.3 is 0 Å². The summed E-state index contributed by atoms with van der Waals surface area (Å²) in [5, 5.41) is 0. The second kappa shape index (κ2) is 6.55. The molecule has 0 spiro atoms. The van der Waals surface area contributed by atoms with Gasteiger partial charge in [-0.2, -0.15) is 0 Å². The van der Waals surface area contributed by atoms with Gasteiger partial charge in [-0.3, -0.25) is 9.59 Å². The summed E-state index contributed by atoms with van der Waals surface area (Å²) in [6.07, 6.45) is 3.29. The maximum absolute atomic E-state index is 12.2. The number of benzene rings is 1. The quantitative estimate of drug-likeness (QED) is 0.794. The minimum Gasteiger partial charge on any atom is -0.483 e. The molecule has 1 fully saturated rings. The highest BCUT2D eigenvalue weighted by molar-refractivity contribution is 5.96. The number of para-hydroxylation sites is 1. The van der Waals surface area contributed by atoms with Crippen LogP contribution in [-0.4, -0.2) is 35.8 Å². The van der Waals surface area contributed by atoms with Gasteiger partial charge in [-0.1, -0.05) is 12.1 Å². The van der Waals surface area contributed by atoms with Crippen molar-refractivity contribution >= 4 is 11.7 Å². The standard InChI is InChI=1S/C16H21NO3/c1-12-7-5-6-10-17(12)16(19)11-20-15-9-4-3-8-14(15)13(2)18/h3-4,8-9,12H,5-7,10-11H2,1-2H3. The highest BCUT2D eigenvalue weighted by Gasteiger charge is 2.23. The summed E-state index contributed by atoms with van der Waals surface area (Å²) in [5.74, 6) is 0.424. The van der Waals surface area contributed by atoms with Crippen molar-refractivity contribution in [3.05, 3.63) is 29.8 Å². The molecule has 1 aliphatic rings. The summed E-state index contributed by atoms with van der Waals surface area (Å²) < 4.78 is 5.55. The molecule has 0 N–H and O–H groups in total. The Hall–Kier alpha value is -1.84. The van der Waals surface area contributed by atoms with Crippen LogP contribution in [0, 0.1) is 0 Å². The second-order valence-electron chi connectivity index (χ2n) is 5.27. The van der Waals surface area contributed by atoms with E-state index in [2.05, 4.69) is 6.92 Å². The molecule has 1 aliphatic heterocycles. The molecule has 1 aromatic carbocycles. The lowest BCUT2D eigenvalue weighted by Crippen LogP contribution is -2.44. The number of carbonyl (C=O) groups is 2. The zero-order valence-electron chi connectivity index (χ0n) is 12.1. The number of piperidine rings is 1. The molecule has 4 nitrogen and oxygen atoms in total. The SMILES string of the molecule is CC(=O)c1ccccc1OCC(=O)N1CCCCC1C. The molecule has 1 heterocycles. The lowest BCUT2D eigenvalue weighted by molar-refractivity contribution is -0.136. The molecule has 108 valence electrons. The molecule has 0 aromatic heterocycles. The molecule has 2 rings (SSSR count). The lowest BCUT2D eigenvalue weighted by atomic mass is 10.0. The molecular formula is C16H21NO3. The van der Waals surface area contributed by atoms with Crippen LogP contribution in [0.3, 0.4) is 0 Å². The summed E-state index contributed by atoms with van der Waals surface area (Å²) in [6, 6.07) is 7.31. The highest BCUT2D eigenvalue weighted by Crippen LogP contribution is 2.20. The first-order chi connectivity index (χ1) is 9.59. The number of hydrogen-bond donors (Lipinski definition) is 0. The van der Waals surface area contributed by atoms with Crippen molar-refractivity contribution in [1.29, 1.82) is 0 Å². The number of nitrogens with zero attached hydrogens (tertiary/aromatic N) is 1. The maximum Gasteiger partial charge on any atom is 0.260 e. The molecule has 0 radical (unpaired) electrons. The number of amides is 1. The van der Waals surface area contributed by atoms with Gasteiger partial charge in [-0.05, 0) is 45.2 Å². The number of ether oxygens (including phenoxy) is 1. The predicted octanol–water partition coefficient (Wildman–Crippen LogP) is 2.67. The minimum atomic E-state index is -0.0561. The van der Waals surface area contributed by atoms with Crippen LogP contribution in [0.4, 0.5) is 0 Å². The molecule has 0 bridgehead atoms. The third kappa shape index (κ3) is 3.38. The van der Waals surface area contributed by atoms with E-state index in [1.54, 1.807) is 24.3 Å². The first-order valence-electron chi connectivity index (χ1n) is 7.12. The van der Waals surface area contributed by atoms with Crippen LogP contribution in [0.1, 0.15) is 43.5 Å². The lowest BCUT2D eigenvalue weighted by Gasteiger charge is -2.33. The Kier molecular flexibility index (Phi) is 4.77. The van der Waals surface area contributed by atoms with E-state index in [1.165, 1.54) is 13.3 Å². The zero-order valence-corrected chi connectivity index (χ0v) is 12.1. The Balaban J connectivity index is 1.98. The number of ketones is 1. The van der Waals surface area contributed by atoms with E-state index >= 15 is 0 Å². The van der Waals surface area contributed by atoms with Crippen molar-refractivity contribution in [1.82, 2.24) is 4.90 Å². The smallest absolute Gasteiger partial charge is 0.260 e. The monoisotopic (exact) mass is 275 g/mol. The first kappa shape index (κ1) is 14.6. The third-order valence-corrected chi connectivity index (χ3v) is 3.74. The van der Waals surface area contributed by atoms with E-state index in [0.29, 0.717) is 11.3 Å². The first-order valence-corrected chi connectivity index (χ1v) is 7.12. The summed E-state index contributed by atoms with van der Waals surface area (Å²) in [4.78, 5) is 25.5. The molecule has 4 heteroatoms. The van der Waals surface area contributed by atoms with Gasteiger partial charge in [0.1, 0.15) is 5.75 Å². The summed E-state index contributed by atoms with van der Waals surface area (Å²) in [6.45, 7) is 4.36. The topological polar surface area (TPSA) is 46.6 Å². The van der Waals surface area contributed by atoms with Gasteiger partial charge in [-0.15, -0.1) is 0 Å². The average molecular weight is 275 g/mol. The molecule has 20 heavy (non-hydrogen) atoms. The molecule has 1 aromatic rings. The zero-order chi connectivity index (χ0) is 14.5. The van der Waals surface area contributed by atoms with Crippen LogP contribution < -0.4 is 4.74 Å². The predicted molar refractivity (Wildman–Crippen MR) is 77.0 cm³/mol. The maximum atomic E-state index is 12.2. The Morgan fingerprint density at radius 1 is 1.30 bits per heavy atom. The van der Waals surface area contributed by atoms with Crippen LogP contribution in [0.5, 0.6) is 5.75 Å². The van der Waals surface area contributed by atoms with E-state index in [-0.39, 0.29) is 24.3 Å². The molecular weight excluding hydrogens is 254 g/mol. The number of carbonyl (C=O) groups excluding carboxylic acids is 2. The second-order valence-corrected chi connectivity index (χ2v) is 5.27. The number of rotatable bonds is 4. The van der Waals surface area contributed by atoms with Crippen LogP contribution in [0.25, 0.3) is 0 Å². The van der Waals surface area contributed by atoms with E-state index < -0.39 is 0 Å². The molecule has 1 atom stereocenters. The fraction of sp³-hybridized carbons (Fsp3) is 0.500. The number of likely N-dealkylation sites (tertiary alicyclic amines) is 1. The largest absolute Gasteiger partial charge is 0.483 e. The summed E-state index contributed by atoms with van der Waals surface area (Å²) in [7, 11) is 0. The summed E-state index contributed by atoms with van der Waals surface area (Å²) in [5.41, 5.74) is 0.520. The van der Waals surface area contributed by atoms with Crippen molar-refractivity contribution in [2.45, 2.75) is 39.2 Å². The van der Waals surface area contributed by atoms with Crippen LogP contribution in [-0.2, 0) is 4.79 Å². The molecule has 0 saturated carbocycles. The van der Waals surface area contributed by atoms with Gasteiger partial charge < -0.3 is 9.64 Å². The van der Waals surface area contributed by atoms with Crippen LogP contribution >= 0.6 is 0 Å². The van der Waals surface area contributed by atoms with Gasteiger partial charge in [0.05, 0.1) is 5.56 Å². The summed E-state index contributed by atoms with van der Waals surface area (Å²) >= 11 is 0. The van der Waals surface area contributed by atoms with E-state index in [0.717, 1.165) is 19.4 Å². The Morgan fingerprint density at radius 2 is 2.05 bits per heavy atom. The van der Waals surface area contributed by atoms with Crippen molar-refractivity contribution in [2.75, 3.05) is 13.2 Å². The van der Waals surface area contributed by atoms with Crippen molar-refractivity contribution in [2.24, 2.45) is 0 Å². The molecule has 0 aliphatic carbocycles. The Morgan fingerprint density at radius 3 is 2.75 bits per heavy atom. The number of Topliss-reactive ketones (excluding diaryl/α,β-unsaturated/α-hetero) is 1. The molecule has 1 saturated heterocycles. The van der Waals surface area contributed by atoms with Gasteiger partial charge in [0.25, 0.3) is 5.91 Å². The average Bonchev–Trinajstić information content (AvgIpc) is 2.45. The van der Waals surface area contributed by atoms with Crippen molar-refractivity contribution < 1.29 is 14.3 Å². The van der Waals surface area contributed by atoms with E-state index in [1.807, 2.05) is 4.90 Å². The minimum absolute atomic E-state index is 0.00412. The van der Waals surface area contributed by atoms with Gasteiger partial charge in [0.15, 0.2) is 12.4 Å². The van der Waals surface area contributed by atoms with Crippen LogP contribution in [0.15, 0.2) is 24.3 Å². The van der Waals surface area contributed by atoms with Crippen molar-refractivity contribution in [3.63, 3.8) is 0 Å². The van der Waals surface area contributed by atoms with Crippen LogP contribution in [0.2, 0.25) is 0 Å². The van der Waals surface area contributed by atoms with Crippen molar-refractivity contribution in [3.8, 4) is 5.75 Å². The fourth-order valence-electron chi connectivity index (χ4n) is 2.57. The normalized spacial score (nSPS) is 18.7. The third-order valence-electron chi connectivity index (χ3n) is 3.74. The van der Waals surface area contributed by atoms with Gasteiger partial charge in [-0.25, -0.2) is 0 Å².